The van der Waals surface area contributed by atoms with Gasteiger partial charge in [0.05, 0.1) is 18.6 Å². The van der Waals surface area contributed by atoms with Crippen molar-refractivity contribution in [2.24, 2.45) is 0 Å². The highest BCUT2D eigenvalue weighted by atomic mass is 19.4. The molecule has 1 atom stereocenters. The number of halogens is 3. The lowest BCUT2D eigenvalue weighted by Gasteiger charge is -2.17. The minimum atomic E-state index is -4.45. The number of ether oxygens (including phenoxy) is 1. The van der Waals surface area contributed by atoms with E-state index in [4.69, 9.17) is 4.74 Å². The van der Waals surface area contributed by atoms with Crippen molar-refractivity contribution >= 4 is 5.97 Å². The number of benzene rings is 2. The monoisotopic (exact) mass is 338 g/mol. The van der Waals surface area contributed by atoms with Crippen LogP contribution in [-0.2, 0) is 17.4 Å². The van der Waals surface area contributed by atoms with E-state index < -0.39 is 23.6 Å². The van der Waals surface area contributed by atoms with Gasteiger partial charge in [-0.3, -0.25) is 4.79 Å². The van der Waals surface area contributed by atoms with E-state index in [1.54, 1.807) is 25.1 Å². The molecule has 3 nitrogen and oxygen atoms in total. The van der Waals surface area contributed by atoms with Crippen LogP contribution >= 0.6 is 0 Å². The average molecular weight is 338 g/mol. The number of carbonyl (C=O) groups is 1. The summed E-state index contributed by atoms with van der Waals surface area (Å²) in [5.41, 5.74) is 0.817. The Morgan fingerprint density at radius 3 is 2.46 bits per heavy atom. The van der Waals surface area contributed by atoms with E-state index >= 15 is 0 Å². The predicted molar refractivity (Wildman–Crippen MR) is 83.3 cm³/mol. The van der Waals surface area contributed by atoms with E-state index in [0.717, 1.165) is 12.1 Å². The van der Waals surface area contributed by atoms with Crippen LogP contribution in [0.4, 0.5) is 13.2 Å². The molecule has 2 aromatic carbocycles. The summed E-state index contributed by atoms with van der Waals surface area (Å²) in [5, 5.41) is 9.51. The quantitative estimate of drug-likeness (QED) is 0.877. The molecule has 0 heterocycles. The molecule has 6 heteroatoms. The molecule has 24 heavy (non-hydrogen) atoms. The van der Waals surface area contributed by atoms with E-state index in [1.165, 1.54) is 19.2 Å². The van der Waals surface area contributed by atoms with Crippen molar-refractivity contribution in [3.8, 4) is 5.75 Å². The summed E-state index contributed by atoms with van der Waals surface area (Å²) in [6.45, 7) is 1.75. The molecule has 0 saturated carbocycles. The van der Waals surface area contributed by atoms with Crippen LogP contribution in [0.25, 0.3) is 0 Å². The lowest BCUT2D eigenvalue weighted by Crippen LogP contribution is -2.16. The third-order valence-corrected chi connectivity index (χ3v) is 3.84. The molecule has 0 aliphatic carbocycles. The second-order valence-corrected chi connectivity index (χ2v) is 5.52. The van der Waals surface area contributed by atoms with E-state index in [9.17, 15) is 23.1 Å². The molecule has 2 rings (SSSR count). The van der Waals surface area contributed by atoms with Gasteiger partial charge in [-0.1, -0.05) is 24.3 Å². The van der Waals surface area contributed by atoms with Crippen LogP contribution in [-0.4, -0.2) is 18.2 Å². The normalized spacial score (nSPS) is 12.7. The van der Waals surface area contributed by atoms with E-state index in [-0.39, 0.29) is 6.42 Å². The van der Waals surface area contributed by atoms with Gasteiger partial charge >= 0.3 is 12.1 Å². The fraction of sp³-hybridized carbons (Fsp3) is 0.278. The maximum absolute atomic E-state index is 12.8. The Morgan fingerprint density at radius 2 is 1.92 bits per heavy atom. The molecule has 0 aliphatic heterocycles. The molecule has 128 valence electrons. The van der Waals surface area contributed by atoms with Crippen LogP contribution in [0, 0.1) is 6.92 Å². The van der Waals surface area contributed by atoms with Gasteiger partial charge in [0.15, 0.2) is 0 Å². The number of carboxylic acid groups (broad SMARTS) is 1. The van der Waals surface area contributed by atoms with Crippen molar-refractivity contribution < 1.29 is 27.8 Å². The first-order valence-electron chi connectivity index (χ1n) is 7.26. The fourth-order valence-corrected chi connectivity index (χ4v) is 2.61. The fourth-order valence-electron chi connectivity index (χ4n) is 2.61. The SMILES string of the molecule is COc1ccc(C(Cc2cccc(C(F)(F)F)c2)C(=O)O)c(C)c1. The van der Waals surface area contributed by atoms with Gasteiger partial charge in [0.25, 0.3) is 0 Å². The Balaban J connectivity index is 2.35. The minimum absolute atomic E-state index is 0.0214. The topological polar surface area (TPSA) is 46.5 Å². The number of alkyl halides is 3. The number of aryl methyl sites for hydroxylation is 1. The van der Waals surface area contributed by atoms with Crippen LogP contribution in [0.3, 0.4) is 0 Å². The molecule has 0 bridgehead atoms. The predicted octanol–water partition coefficient (Wildman–Crippen LogP) is 4.43. The first-order chi connectivity index (χ1) is 11.2. The van der Waals surface area contributed by atoms with Crippen molar-refractivity contribution in [3.63, 3.8) is 0 Å². The smallest absolute Gasteiger partial charge is 0.416 e. The lowest BCUT2D eigenvalue weighted by atomic mass is 9.88. The molecule has 0 fully saturated rings. The third-order valence-electron chi connectivity index (χ3n) is 3.84. The summed E-state index contributed by atoms with van der Waals surface area (Å²) in [5.74, 6) is -1.42. The zero-order chi connectivity index (χ0) is 17.9. The molecule has 1 unspecified atom stereocenters. The van der Waals surface area contributed by atoms with Gasteiger partial charge in [-0.05, 0) is 48.2 Å². The zero-order valence-corrected chi connectivity index (χ0v) is 13.2. The Bertz CT molecular complexity index is 739. The van der Waals surface area contributed by atoms with Crippen LogP contribution in [0.5, 0.6) is 5.75 Å². The highest BCUT2D eigenvalue weighted by Gasteiger charge is 2.31. The Kier molecular flexibility index (Phi) is 5.17. The number of hydrogen-bond donors (Lipinski definition) is 1. The molecular formula is C18H17F3O3. The second-order valence-electron chi connectivity index (χ2n) is 5.52. The molecule has 0 spiro atoms. The van der Waals surface area contributed by atoms with Gasteiger partial charge in [0.1, 0.15) is 5.75 Å². The highest BCUT2D eigenvalue weighted by molar-refractivity contribution is 5.77. The van der Waals surface area contributed by atoms with Gasteiger partial charge in [0, 0.05) is 0 Å². The summed E-state index contributed by atoms with van der Waals surface area (Å²) >= 11 is 0. The summed E-state index contributed by atoms with van der Waals surface area (Å²) in [4.78, 5) is 11.6. The van der Waals surface area contributed by atoms with Crippen LogP contribution < -0.4 is 4.74 Å². The number of aliphatic carboxylic acids is 1. The Labute approximate surface area is 137 Å². The van der Waals surface area contributed by atoms with Crippen molar-refractivity contribution in [1.82, 2.24) is 0 Å². The van der Waals surface area contributed by atoms with E-state index in [2.05, 4.69) is 0 Å². The number of rotatable bonds is 5. The summed E-state index contributed by atoms with van der Waals surface area (Å²) in [7, 11) is 1.51. The van der Waals surface area contributed by atoms with Crippen LogP contribution in [0.15, 0.2) is 42.5 Å². The lowest BCUT2D eigenvalue weighted by molar-refractivity contribution is -0.138. The van der Waals surface area contributed by atoms with Gasteiger partial charge in [0.2, 0.25) is 0 Å². The van der Waals surface area contributed by atoms with E-state index in [1.807, 2.05) is 0 Å². The van der Waals surface area contributed by atoms with Crippen LogP contribution in [0.1, 0.15) is 28.2 Å². The maximum Gasteiger partial charge on any atom is 0.416 e. The van der Waals surface area contributed by atoms with Crippen molar-refractivity contribution in [2.75, 3.05) is 7.11 Å². The maximum atomic E-state index is 12.8. The van der Waals surface area contributed by atoms with Gasteiger partial charge < -0.3 is 9.84 Å². The molecule has 2 aromatic rings. The van der Waals surface area contributed by atoms with Crippen molar-refractivity contribution in [3.05, 3.63) is 64.7 Å². The summed E-state index contributed by atoms with van der Waals surface area (Å²) in [6.07, 6.45) is -4.48. The van der Waals surface area contributed by atoms with Crippen molar-refractivity contribution in [2.45, 2.75) is 25.4 Å². The summed E-state index contributed by atoms with van der Waals surface area (Å²) in [6, 6.07) is 9.75. The number of hydrogen-bond acceptors (Lipinski definition) is 2. The van der Waals surface area contributed by atoms with Gasteiger partial charge in [-0.15, -0.1) is 0 Å². The zero-order valence-electron chi connectivity index (χ0n) is 13.2. The number of methoxy groups -OCH3 is 1. The third kappa shape index (κ3) is 4.07. The molecule has 0 amide bonds. The van der Waals surface area contributed by atoms with Crippen LogP contribution in [0.2, 0.25) is 0 Å². The van der Waals surface area contributed by atoms with Gasteiger partial charge in [-0.25, -0.2) is 0 Å². The molecule has 0 aromatic heterocycles. The minimum Gasteiger partial charge on any atom is -0.497 e. The Hall–Kier alpha value is -2.50. The Morgan fingerprint density at radius 1 is 1.21 bits per heavy atom. The highest BCUT2D eigenvalue weighted by Crippen LogP contribution is 2.32. The largest absolute Gasteiger partial charge is 0.497 e. The van der Waals surface area contributed by atoms with Gasteiger partial charge in [-0.2, -0.15) is 13.2 Å². The average Bonchev–Trinajstić information content (AvgIpc) is 2.52. The first kappa shape index (κ1) is 17.8. The number of carboxylic acids is 1. The molecule has 1 N–H and O–H groups in total. The molecule has 0 radical (unpaired) electrons. The van der Waals surface area contributed by atoms with E-state index in [0.29, 0.717) is 22.4 Å². The second kappa shape index (κ2) is 6.95. The van der Waals surface area contributed by atoms with Crippen molar-refractivity contribution in [1.29, 1.82) is 0 Å². The first-order valence-corrected chi connectivity index (χ1v) is 7.26. The standard InChI is InChI=1S/C18H17F3O3/c1-11-8-14(24-2)6-7-15(11)16(17(22)23)10-12-4-3-5-13(9-12)18(19,20)21/h3-9,16H,10H2,1-2H3,(H,22,23). The molecular weight excluding hydrogens is 321 g/mol. The molecule has 0 saturated heterocycles. The molecule has 0 aliphatic rings. The summed E-state index contributed by atoms with van der Waals surface area (Å²) < 4.78 is 43.5.